The molecule has 1 aliphatic heterocycles. The maximum Gasteiger partial charge on any atom is 0.435 e. The van der Waals surface area contributed by atoms with Crippen LogP contribution in [-0.4, -0.2) is 59.5 Å². The van der Waals surface area contributed by atoms with Crippen LogP contribution in [-0.2, 0) is 22.3 Å². The van der Waals surface area contributed by atoms with E-state index in [1.54, 1.807) is 0 Å². The number of alkyl halides is 3. The van der Waals surface area contributed by atoms with Crippen LogP contribution < -0.4 is 5.32 Å². The molecule has 1 aliphatic rings. The zero-order chi connectivity index (χ0) is 17.7. The lowest BCUT2D eigenvalue weighted by Crippen LogP contribution is -2.48. The van der Waals surface area contributed by atoms with E-state index in [1.807, 2.05) is 0 Å². The van der Waals surface area contributed by atoms with Gasteiger partial charge >= 0.3 is 6.18 Å². The summed E-state index contributed by atoms with van der Waals surface area (Å²) in [5.41, 5.74) is -1.00. The molecule has 1 unspecified atom stereocenters. The highest BCUT2D eigenvalue weighted by molar-refractivity contribution is 5.75. The van der Waals surface area contributed by atoms with E-state index in [1.165, 1.54) is 0 Å². The van der Waals surface area contributed by atoms with Crippen LogP contribution in [0.15, 0.2) is 12.3 Å². The van der Waals surface area contributed by atoms with Gasteiger partial charge in [0.2, 0.25) is 5.91 Å². The van der Waals surface area contributed by atoms with Gasteiger partial charge in [-0.15, -0.1) is 0 Å². The Balaban J connectivity index is 1.75. The van der Waals surface area contributed by atoms with Crippen LogP contribution in [0.5, 0.6) is 0 Å². The fourth-order valence-corrected chi connectivity index (χ4v) is 2.62. The van der Waals surface area contributed by atoms with Crippen LogP contribution in [0.4, 0.5) is 13.2 Å². The van der Waals surface area contributed by atoms with Crippen molar-refractivity contribution in [3.05, 3.63) is 18.0 Å². The minimum atomic E-state index is -4.50. The second kappa shape index (κ2) is 7.98. The van der Waals surface area contributed by atoms with Gasteiger partial charge in [-0.1, -0.05) is 13.8 Å². The maximum atomic E-state index is 12.5. The topological polar surface area (TPSA) is 59.4 Å². The van der Waals surface area contributed by atoms with Gasteiger partial charge in [-0.2, -0.15) is 18.3 Å². The fourth-order valence-electron chi connectivity index (χ4n) is 2.62. The van der Waals surface area contributed by atoms with Gasteiger partial charge in [0.15, 0.2) is 5.69 Å². The summed E-state index contributed by atoms with van der Waals surface area (Å²) in [5, 5.41) is 6.04. The number of nitrogens with one attached hydrogen (secondary N) is 1. The van der Waals surface area contributed by atoms with E-state index >= 15 is 0 Å². The van der Waals surface area contributed by atoms with E-state index in [9.17, 15) is 18.0 Å². The molecule has 9 heteroatoms. The molecule has 24 heavy (non-hydrogen) atoms. The summed E-state index contributed by atoms with van der Waals surface area (Å²) >= 11 is 0. The summed E-state index contributed by atoms with van der Waals surface area (Å²) < 4.78 is 44.0. The quantitative estimate of drug-likeness (QED) is 0.844. The van der Waals surface area contributed by atoms with Gasteiger partial charge in [0, 0.05) is 32.4 Å². The molecule has 2 rings (SSSR count). The molecule has 0 radical (unpaired) electrons. The first-order valence-corrected chi connectivity index (χ1v) is 7.95. The van der Waals surface area contributed by atoms with Crippen molar-refractivity contribution in [2.45, 2.75) is 32.7 Å². The summed E-state index contributed by atoms with van der Waals surface area (Å²) in [4.78, 5) is 14.1. The molecular weight excluding hydrogens is 325 g/mol. The standard InChI is InChI=1S/C15H23F3N4O2/c1-11(2)8-21-5-6-24-12(9-21)7-19-14(23)10-22-4-3-13(20-22)15(16,17)18/h3-4,11-12H,5-10H2,1-2H3,(H,19,23). The van der Waals surface area contributed by atoms with Gasteiger partial charge < -0.3 is 10.1 Å². The van der Waals surface area contributed by atoms with Crippen molar-refractivity contribution in [1.29, 1.82) is 0 Å². The number of morpholine rings is 1. The largest absolute Gasteiger partial charge is 0.435 e. The molecule has 2 heterocycles. The molecule has 136 valence electrons. The van der Waals surface area contributed by atoms with Crippen molar-refractivity contribution in [2.75, 3.05) is 32.8 Å². The van der Waals surface area contributed by atoms with Crippen molar-refractivity contribution >= 4 is 5.91 Å². The second-order valence-corrected chi connectivity index (χ2v) is 6.35. The highest BCUT2D eigenvalue weighted by atomic mass is 19.4. The fraction of sp³-hybridized carbons (Fsp3) is 0.733. The van der Waals surface area contributed by atoms with Gasteiger partial charge in [0.1, 0.15) is 6.54 Å². The zero-order valence-corrected chi connectivity index (χ0v) is 13.8. The van der Waals surface area contributed by atoms with Crippen molar-refractivity contribution in [3.63, 3.8) is 0 Å². The molecule has 0 spiro atoms. The van der Waals surface area contributed by atoms with Crippen LogP contribution in [0.2, 0.25) is 0 Å². The van der Waals surface area contributed by atoms with Crippen LogP contribution in [0.25, 0.3) is 0 Å². The third-order valence-electron chi connectivity index (χ3n) is 3.61. The Morgan fingerprint density at radius 3 is 2.88 bits per heavy atom. The van der Waals surface area contributed by atoms with Crippen LogP contribution in [0.3, 0.4) is 0 Å². The van der Waals surface area contributed by atoms with Crippen molar-refractivity contribution in [2.24, 2.45) is 5.92 Å². The van der Waals surface area contributed by atoms with Crippen molar-refractivity contribution in [1.82, 2.24) is 20.0 Å². The number of amides is 1. The Morgan fingerprint density at radius 1 is 1.50 bits per heavy atom. The summed E-state index contributed by atoms with van der Waals surface area (Å²) in [6, 6.07) is 0.849. The second-order valence-electron chi connectivity index (χ2n) is 6.35. The normalized spacial score (nSPS) is 19.7. The van der Waals surface area contributed by atoms with Gasteiger partial charge in [0.25, 0.3) is 0 Å². The molecule has 0 aromatic carbocycles. The van der Waals surface area contributed by atoms with E-state index in [2.05, 4.69) is 29.2 Å². The van der Waals surface area contributed by atoms with E-state index in [4.69, 9.17) is 4.74 Å². The maximum absolute atomic E-state index is 12.5. The number of nitrogens with zero attached hydrogens (tertiary/aromatic N) is 3. The Hall–Kier alpha value is -1.61. The van der Waals surface area contributed by atoms with Gasteiger partial charge in [-0.05, 0) is 12.0 Å². The third-order valence-corrected chi connectivity index (χ3v) is 3.61. The number of halogens is 3. The Morgan fingerprint density at radius 2 is 2.25 bits per heavy atom. The number of aromatic nitrogens is 2. The molecule has 1 N–H and O–H groups in total. The average molecular weight is 348 g/mol. The number of carbonyl (C=O) groups excluding carboxylic acids is 1. The number of hydrogen-bond acceptors (Lipinski definition) is 4. The molecule has 1 aromatic heterocycles. The first-order chi connectivity index (χ1) is 11.2. The first kappa shape index (κ1) is 18.7. The Labute approximate surface area is 138 Å². The van der Waals surface area contributed by atoms with Crippen molar-refractivity contribution in [3.8, 4) is 0 Å². The summed E-state index contributed by atoms with van der Waals surface area (Å²) in [7, 11) is 0. The molecule has 1 atom stereocenters. The molecule has 1 aromatic rings. The molecule has 1 saturated heterocycles. The summed E-state index contributed by atoms with van der Waals surface area (Å²) in [6.07, 6.45) is -3.47. The predicted octanol–water partition coefficient (Wildman–Crippen LogP) is 1.37. The lowest BCUT2D eigenvalue weighted by Gasteiger charge is -2.33. The van der Waals surface area contributed by atoms with Gasteiger partial charge in [0.05, 0.1) is 12.7 Å². The predicted molar refractivity (Wildman–Crippen MR) is 81.3 cm³/mol. The third kappa shape index (κ3) is 5.79. The number of carbonyl (C=O) groups is 1. The van der Waals surface area contributed by atoms with Crippen LogP contribution in [0, 0.1) is 5.92 Å². The van der Waals surface area contributed by atoms with E-state index in [0.717, 1.165) is 36.6 Å². The monoisotopic (exact) mass is 348 g/mol. The molecular formula is C15H23F3N4O2. The van der Waals surface area contributed by atoms with Gasteiger partial charge in [-0.3, -0.25) is 14.4 Å². The lowest BCUT2D eigenvalue weighted by molar-refractivity contribution is -0.141. The van der Waals surface area contributed by atoms with Crippen LogP contribution in [0.1, 0.15) is 19.5 Å². The minimum absolute atomic E-state index is 0.107. The summed E-state index contributed by atoms with van der Waals surface area (Å²) in [5.74, 6) is 0.164. The lowest BCUT2D eigenvalue weighted by atomic mass is 10.2. The Bertz CT molecular complexity index is 545. The number of rotatable bonds is 6. The highest BCUT2D eigenvalue weighted by Crippen LogP contribution is 2.27. The number of ether oxygens (including phenoxy) is 1. The van der Waals surface area contributed by atoms with Gasteiger partial charge in [-0.25, -0.2) is 0 Å². The molecule has 0 aliphatic carbocycles. The van der Waals surface area contributed by atoms with E-state index < -0.39 is 17.8 Å². The molecule has 6 nitrogen and oxygen atoms in total. The van der Waals surface area contributed by atoms with E-state index in [-0.39, 0.29) is 12.6 Å². The van der Waals surface area contributed by atoms with Crippen LogP contribution >= 0.6 is 0 Å². The minimum Gasteiger partial charge on any atom is -0.374 e. The Kier molecular flexibility index (Phi) is 6.22. The molecule has 0 saturated carbocycles. The number of hydrogen-bond donors (Lipinski definition) is 1. The zero-order valence-electron chi connectivity index (χ0n) is 13.8. The highest BCUT2D eigenvalue weighted by Gasteiger charge is 2.33. The molecule has 1 fully saturated rings. The summed E-state index contributed by atoms with van der Waals surface area (Å²) in [6.45, 7) is 7.56. The average Bonchev–Trinajstić information content (AvgIpc) is 2.93. The van der Waals surface area contributed by atoms with Crippen molar-refractivity contribution < 1.29 is 22.7 Å². The van der Waals surface area contributed by atoms with E-state index in [0.29, 0.717) is 19.1 Å². The smallest absolute Gasteiger partial charge is 0.374 e. The molecule has 0 bridgehead atoms. The molecule has 1 amide bonds. The first-order valence-electron chi connectivity index (χ1n) is 7.95. The SMILES string of the molecule is CC(C)CN1CCOC(CNC(=O)Cn2ccc(C(F)(F)F)n2)C1.